The zero-order chi connectivity index (χ0) is 16.7. The molecule has 0 saturated heterocycles. The number of aromatic nitrogens is 1. The smallest absolute Gasteiger partial charge is 0.191 e. The lowest BCUT2D eigenvalue weighted by molar-refractivity contribution is 0.797. The van der Waals surface area contributed by atoms with Gasteiger partial charge in [-0.2, -0.15) is 0 Å². The average Bonchev–Trinajstić information content (AvgIpc) is 3.14. The van der Waals surface area contributed by atoms with Crippen LogP contribution in [0.3, 0.4) is 0 Å². The summed E-state index contributed by atoms with van der Waals surface area (Å²) in [5, 5.41) is 9.86. The van der Waals surface area contributed by atoms with Crippen LogP contribution in [0.1, 0.15) is 42.3 Å². The predicted molar refractivity (Wildman–Crippen MR) is 120 cm³/mol. The first-order valence-electron chi connectivity index (χ1n) is 7.79. The maximum Gasteiger partial charge on any atom is 0.191 e. The van der Waals surface area contributed by atoms with Crippen molar-refractivity contribution < 1.29 is 0 Å². The highest BCUT2D eigenvalue weighted by molar-refractivity contribution is 14.0. The van der Waals surface area contributed by atoms with Crippen molar-refractivity contribution in [1.29, 1.82) is 0 Å². The third kappa shape index (κ3) is 7.37. The molecule has 2 heterocycles. The van der Waals surface area contributed by atoms with Crippen molar-refractivity contribution in [3.05, 3.63) is 36.9 Å². The zero-order valence-electron chi connectivity index (χ0n) is 14.1. The molecule has 0 aromatic carbocycles. The molecule has 8 heteroatoms. The van der Waals surface area contributed by atoms with Crippen LogP contribution in [-0.2, 0) is 13.0 Å². The van der Waals surface area contributed by atoms with E-state index in [0.717, 1.165) is 36.2 Å². The Bertz CT molecular complexity index is 640. The molecule has 134 valence electrons. The van der Waals surface area contributed by atoms with Gasteiger partial charge in [0.05, 0.1) is 16.0 Å². The van der Waals surface area contributed by atoms with Crippen LogP contribution in [-0.4, -0.2) is 24.0 Å². The summed E-state index contributed by atoms with van der Waals surface area (Å²) in [5.74, 6) is 1.32. The van der Waals surface area contributed by atoms with Crippen LogP contribution in [0.5, 0.6) is 0 Å². The van der Waals surface area contributed by atoms with E-state index in [-0.39, 0.29) is 24.0 Å². The first-order valence-corrected chi connectivity index (χ1v) is 10.3. The molecular formula is C16H24BrIN4S2. The summed E-state index contributed by atoms with van der Waals surface area (Å²) in [5.41, 5.74) is 1.15. The molecule has 0 saturated carbocycles. The second-order valence-electron chi connectivity index (χ2n) is 5.40. The molecule has 0 bridgehead atoms. The SMILES string of the molecule is CCNC(=NCc1nc(C(C)C)cs1)NCCc1ccc(Br)s1.I. The van der Waals surface area contributed by atoms with Crippen molar-refractivity contribution in [2.24, 2.45) is 4.99 Å². The van der Waals surface area contributed by atoms with Crippen molar-refractivity contribution in [2.75, 3.05) is 13.1 Å². The molecule has 0 aliphatic rings. The molecule has 0 atom stereocenters. The van der Waals surface area contributed by atoms with E-state index in [0.29, 0.717) is 12.5 Å². The van der Waals surface area contributed by atoms with Gasteiger partial charge >= 0.3 is 0 Å². The third-order valence-corrected chi connectivity index (χ3v) is 5.71. The van der Waals surface area contributed by atoms with E-state index in [1.54, 1.807) is 22.7 Å². The van der Waals surface area contributed by atoms with Crippen molar-refractivity contribution >= 4 is 68.5 Å². The zero-order valence-corrected chi connectivity index (χ0v) is 19.7. The molecule has 0 aliphatic carbocycles. The van der Waals surface area contributed by atoms with E-state index in [1.165, 1.54) is 8.66 Å². The van der Waals surface area contributed by atoms with Gasteiger partial charge in [0.25, 0.3) is 0 Å². The number of nitrogens with zero attached hydrogens (tertiary/aromatic N) is 2. The van der Waals surface area contributed by atoms with Crippen LogP contribution >= 0.6 is 62.6 Å². The number of hydrogen-bond acceptors (Lipinski definition) is 4. The molecule has 0 spiro atoms. The monoisotopic (exact) mass is 542 g/mol. The van der Waals surface area contributed by atoms with Crippen LogP contribution in [0.4, 0.5) is 0 Å². The molecule has 0 unspecified atom stereocenters. The molecule has 2 N–H and O–H groups in total. The number of nitrogens with one attached hydrogen (secondary N) is 2. The van der Waals surface area contributed by atoms with Crippen molar-refractivity contribution in [3.8, 4) is 0 Å². The Balaban J connectivity index is 0.00000288. The lowest BCUT2D eigenvalue weighted by Crippen LogP contribution is -2.38. The Morgan fingerprint density at radius 3 is 2.71 bits per heavy atom. The van der Waals surface area contributed by atoms with Crippen LogP contribution < -0.4 is 10.6 Å². The van der Waals surface area contributed by atoms with E-state index >= 15 is 0 Å². The Hall–Kier alpha value is -0.190. The van der Waals surface area contributed by atoms with Gasteiger partial charge in [-0.3, -0.25) is 0 Å². The van der Waals surface area contributed by atoms with Crippen molar-refractivity contribution in [2.45, 2.75) is 39.7 Å². The Morgan fingerprint density at radius 1 is 1.33 bits per heavy atom. The van der Waals surface area contributed by atoms with Gasteiger partial charge in [-0.05, 0) is 47.3 Å². The first-order chi connectivity index (χ1) is 11.1. The minimum Gasteiger partial charge on any atom is -0.357 e. The fourth-order valence-electron chi connectivity index (χ4n) is 1.94. The van der Waals surface area contributed by atoms with Crippen LogP contribution in [0.15, 0.2) is 26.3 Å². The number of aliphatic imine (C=N–C) groups is 1. The minimum atomic E-state index is 0. The number of hydrogen-bond donors (Lipinski definition) is 2. The summed E-state index contributed by atoms with van der Waals surface area (Å²) in [4.78, 5) is 10.6. The van der Waals surface area contributed by atoms with E-state index in [9.17, 15) is 0 Å². The summed E-state index contributed by atoms with van der Waals surface area (Å²) in [6, 6.07) is 4.25. The Kier molecular flexibility index (Phi) is 10.4. The van der Waals surface area contributed by atoms with Gasteiger partial charge in [0.15, 0.2) is 5.96 Å². The Labute approximate surface area is 177 Å². The normalized spacial score (nSPS) is 11.5. The molecular weight excluding hydrogens is 519 g/mol. The van der Waals surface area contributed by atoms with Gasteiger partial charge in [0.1, 0.15) is 5.01 Å². The fourth-order valence-corrected chi connectivity index (χ4v) is 4.30. The summed E-state index contributed by atoms with van der Waals surface area (Å²) >= 11 is 6.96. The molecule has 0 aliphatic heterocycles. The second kappa shape index (κ2) is 11.4. The lowest BCUT2D eigenvalue weighted by atomic mass is 10.2. The molecule has 0 amide bonds. The molecule has 0 fully saturated rings. The number of guanidine groups is 1. The molecule has 2 aromatic heterocycles. The quantitative estimate of drug-likeness (QED) is 0.294. The highest BCUT2D eigenvalue weighted by atomic mass is 127. The summed E-state index contributed by atoms with van der Waals surface area (Å²) in [6.07, 6.45) is 0.995. The maximum absolute atomic E-state index is 4.63. The molecule has 0 radical (unpaired) electrons. The molecule has 24 heavy (non-hydrogen) atoms. The van der Waals surface area contributed by atoms with Crippen molar-refractivity contribution in [3.63, 3.8) is 0 Å². The number of thiophene rings is 1. The highest BCUT2D eigenvalue weighted by Gasteiger charge is 2.06. The highest BCUT2D eigenvalue weighted by Crippen LogP contribution is 2.22. The Morgan fingerprint density at radius 2 is 2.12 bits per heavy atom. The largest absolute Gasteiger partial charge is 0.357 e. The topological polar surface area (TPSA) is 49.3 Å². The van der Waals surface area contributed by atoms with Gasteiger partial charge in [0, 0.05) is 23.3 Å². The van der Waals surface area contributed by atoms with Crippen LogP contribution in [0.25, 0.3) is 0 Å². The second-order valence-corrected chi connectivity index (χ2v) is 8.89. The van der Waals surface area contributed by atoms with Crippen LogP contribution in [0.2, 0.25) is 0 Å². The molecule has 4 nitrogen and oxygen atoms in total. The van der Waals surface area contributed by atoms with E-state index < -0.39 is 0 Å². The van der Waals surface area contributed by atoms with Crippen molar-refractivity contribution in [1.82, 2.24) is 15.6 Å². The summed E-state index contributed by atoms with van der Waals surface area (Å²) < 4.78 is 1.18. The standard InChI is InChI=1S/C16H23BrN4S2.HI/c1-4-18-16(19-8-7-12-5-6-14(17)23-12)20-9-15-21-13(10-22-15)11(2)3;/h5-6,10-11H,4,7-9H2,1-3H3,(H2,18,19,20);1H. The van der Waals surface area contributed by atoms with E-state index in [4.69, 9.17) is 0 Å². The number of thiazole rings is 1. The molecule has 2 aromatic rings. The van der Waals surface area contributed by atoms with Gasteiger partial charge in [-0.1, -0.05) is 13.8 Å². The summed E-state index contributed by atoms with van der Waals surface area (Å²) in [7, 11) is 0. The van der Waals surface area contributed by atoms with Gasteiger partial charge in [0.2, 0.25) is 0 Å². The predicted octanol–water partition coefficient (Wildman–Crippen LogP) is 5.01. The average molecular weight is 543 g/mol. The number of halogens is 2. The van der Waals surface area contributed by atoms with Gasteiger partial charge in [-0.15, -0.1) is 46.7 Å². The van der Waals surface area contributed by atoms with Gasteiger partial charge < -0.3 is 10.6 Å². The van der Waals surface area contributed by atoms with E-state index in [1.807, 2.05) is 0 Å². The fraction of sp³-hybridized carbons (Fsp3) is 0.500. The van der Waals surface area contributed by atoms with Crippen LogP contribution in [0, 0.1) is 0 Å². The first kappa shape index (κ1) is 21.9. The minimum absolute atomic E-state index is 0. The lowest BCUT2D eigenvalue weighted by Gasteiger charge is -2.10. The van der Waals surface area contributed by atoms with E-state index in [2.05, 4.69) is 74.8 Å². The maximum atomic E-state index is 4.63. The van der Waals surface area contributed by atoms with Gasteiger partial charge in [-0.25, -0.2) is 9.98 Å². The molecule has 2 rings (SSSR count). The third-order valence-electron chi connectivity index (χ3n) is 3.17. The number of rotatable bonds is 7. The summed E-state index contributed by atoms with van der Waals surface area (Å²) in [6.45, 7) is 8.75.